The Morgan fingerprint density at radius 1 is 1.12 bits per heavy atom. The maximum absolute atomic E-state index is 5.82. The zero-order valence-electron chi connectivity index (χ0n) is 10.8. The van der Waals surface area contributed by atoms with Gasteiger partial charge in [0, 0.05) is 44.8 Å². The molecule has 3 heterocycles. The van der Waals surface area contributed by atoms with E-state index in [4.69, 9.17) is 5.84 Å². The molecule has 3 saturated heterocycles. The largest absolute Gasteiger partial charge is 0.299 e. The van der Waals surface area contributed by atoms with Crippen molar-refractivity contribution in [3.05, 3.63) is 0 Å². The Bertz CT molecular complexity index is 244. The third-order valence-electron chi connectivity index (χ3n) is 5.06. The minimum Gasteiger partial charge on any atom is -0.299 e. The molecule has 4 heteroatoms. The van der Waals surface area contributed by atoms with Crippen LogP contribution in [0.2, 0.25) is 0 Å². The lowest BCUT2D eigenvalue weighted by Crippen LogP contribution is -2.67. The van der Waals surface area contributed by atoms with Gasteiger partial charge in [0.1, 0.15) is 0 Å². The van der Waals surface area contributed by atoms with Crippen LogP contribution in [0.5, 0.6) is 0 Å². The molecule has 4 rings (SSSR count). The van der Waals surface area contributed by atoms with Crippen LogP contribution in [0.25, 0.3) is 0 Å². The van der Waals surface area contributed by atoms with Crippen molar-refractivity contribution < 1.29 is 0 Å². The zero-order valence-corrected chi connectivity index (χ0v) is 10.8. The fourth-order valence-corrected chi connectivity index (χ4v) is 3.98. The van der Waals surface area contributed by atoms with E-state index in [0.717, 1.165) is 5.92 Å². The van der Waals surface area contributed by atoms with Crippen molar-refractivity contribution in [2.24, 2.45) is 11.8 Å². The summed E-state index contributed by atoms with van der Waals surface area (Å²) in [4.78, 5) is 5.25. The molecule has 2 bridgehead atoms. The summed E-state index contributed by atoms with van der Waals surface area (Å²) in [6.07, 6.45) is 7.00. The molecule has 4 fully saturated rings. The van der Waals surface area contributed by atoms with Crippen molar-refractivity contribution >= 4 is 0 Å². The lowest BCUT2D eigenvalue weighted by molar-refractivity contribution is -0.00683. The Morgan fingerprint density at radius 3 is 2.35 bits per heavy atom. The van der Waals surface area contributed by atoms with Gasteiger partial charge in [-0.2, -0.15) is 0 Å². The fraction of sp³-hybridized carbons (Fsp3) is 1.00. The van der Waals surface area contributed by atoms with E-state index in [1.165, 1.54) is 64.8 Å². The van der Waals surface area contributed by atoms with Crippen molar-refractivity contribution in [3.63, 3.8) is 0 Å². The van der Waals surface area contributed by atoms with E-state index in [1.54, 1.807) is 0 Å². The van der Waals surface area contributed by atoms with Crippen molar-refractivity contribution in [1.29, 1.82) is 0 Å². The quantitative estimate of drug-likeness (QED) is 0.550. The molecule has 0 radical (unpaired) electrons. The highest BCUT2D eigenvalue weighted by Gasteiger charge is 2.37. The van der Waals surface area contributed by atoms with Crippen LogP contribution in [-0.2, 0) is 0 Å². The molecule has 1 saturated carbocycles. The second-order valence-corrected chi connectivity index (χ2v) is 6.06. The minimum absolute atomic E-state index is 0.501. The molecule has 17 heavy (non-hydrogen) atoms. The summed E-state index contributed by atoms with van der Waals surface area (Å²) in [5.74, 6) is 6.74. The number of rotatable bonds is 4. The summed E-state index contributed by atoms with van der Waals surface area (Å²) in [5.41, 5.74) is 3.12. The van der Waals surface area contributed by atoms with Gasteiger partial charge in [-0.05, 0) is 12.3 Å². The molecule has 4 nitrogen and oxygen atoms in total. The summed E-state index contributed by atoms with van der Waals surface area (Å²) in [5, 5.41) is 0. The molecular formula is C13H26N4. The third-order valence-corrected chi connectivity index (χ3v) is 5.06. The Labute approximate surface area is 104 Å². The molecule has 2 unspecified atom stereocenters. The van der Waals surface area contributed by atoms with Crippen molar-refractivity contribution in [2.45, 2.75) is 44.2 Å². The molecular weight excluding hydrogens is 212 g/mol. The zero-order chi connectivity index (χ0) is 11.7. The van der Waals surface area contributed by atoms with Gasteiger partial charge in [-0.1, -0.05) is 25.7 Å². The normalized spacial score (nSPS) is 39.7. The summed E-state index contributed by atoms with van der Waals surface area (Å²) >= 11 is 0. The molecule has 0 aromatic carbocycles. The molecule has 0 aromatic rings. The Balaban J connectivity index is 1.59. The Morgan fingerprint density at radius 2 is 1.82 bits per heavy atom. The average molecular weight is 238 g/mol. The van der Waals surface area contributed by atoms with E-state index < -0.39 is 0 Å². The first-order valence-electron chi connectivity index (χ1n) is 7.29. The van der Waals surface area contributed by atoms with Crippen LogP contribution >= 0.6 is 0 Å². The van der Waals surface area contributed by atoms with E-state index in [0.29, 0.717) is 12.1 Å². The van der Waals surface area contributed by atoms with Crippen LogP contribution in [0.1, 0.15) is 32.1 Å². The maximum atomic E-state index is 5.82. The number of hydrogen-bond donors (Lipinski definition) is 2. The summed E-state index contributed by atoms with van der Waals surface area (Å²) in [6.45, 7) is 6.23. The van der Waals surface area contributed by atoms with Gasteiger partial charge in [-0.25, -0.2) is 0 Å². The molecule has 1 aliphatic carbocycles. The second-order valence-electron chi connectivity index (χ2n) is 6.06. The van der Waals surface area contributed by atoms with Gasteiger partial charge in [-0.15, -0.1) is 0 Å². The van der Waals surface area contributed by atoms with Gasteiger partial charge in [0.25, 0.3) is 0 Å². The summed E-state index contributed by atoms with van der Waals surface area (Å²) in [6, 6.07) is 1.16. The first kappa shape index (κ1) is 11.9. The van der Waals surface area contributed by atoms with Crippen LogP contribution in [0.15, 0.2) is 0 Å². The van der Waals surface area contributed by atoms with E-state index in [2.05, 4.69) is 15.2 Å². The van der Waals surface area contributed by atoms with Crippen molar-refractivity contribution in [2.75, 3.05) is 32.7 Å². The smallest absolute Gasteiger partial charge is 0.0391 e. The molecule has 98 valence electrons. The van der Waals surface area contributed by atoms with E-state index in [9.17, 15) is 0 Å². The Hall–Kier alpha value is -0.160. The number of hydrogen-bond acceptors (Lipinski definition) is 4. The molecule has 2 atom stereocenters. The van der Waals surface area contributed by atoms with Gasteiger partial charge >= 0.3 is 0 Å². The van der Waals surface area contributed by atoms with E-state index in [-0.39, 0.29) is 0 Å². The third kappa shape index (κ3) is 2.50. The van der Waals surface area contributed by atoms with E-state index in [1.807, 2.05) is 0 Å². The Kier molecular flexibility index (Phi) is 3.66. The molecule has 0 amide bonds. The number of nitrogens with one attached hydrogen (secondary N) is 1. The van der Waals surface area contributed by atoms with Crippen LogP contribution in [-0.4, -0.2) is 54.6 Å². The highest BCUT2D eigenvalue weighted by Crippen LogP contribution is 2.30. The predicted molar refractivity (Wildman–Crippen MR) is 69.5 cm³/mol. The second kappa shape index (κ2) is 5.22. The van der Waals surface area contributed by atoms with E-state index >= 15 is 0 Å². The fourth-order valence-electron chi connectivity index (χ4n) is 3.98. The molecule has 0 spiro atoms. The number of piperazine rings is 3. The predicted octanol–water partition coefficient (Wildman–Crippen LogP) is 0.398. The maximum Gasteiger partial charge on any atom is 0.0391 e. The summed E-state index contributed by atoms with van der Waals surface area (Å²) < 4.78 is 0. The number of nitrogens with zero attached hydrogens (tertiary/aromatic N) is 2. The highest BCUT2D eigenvalue weighted by molar-refractivity contribution is 4.95. The topological polar surface area (TPSA) is 44.5 Å². The van der Waals surface area contributed by atoms with Crippen LogP contribution < -0.4 is 11.3 Å². The van der Waals surface area contributed by atoms with Crippen LogP contribution in [0.4, 0.5) is 0 Å². The highest BCUT2D eigenvalue weighted by atomic mass is 15.4. The first-order valence-corrected chi connectivity index (χ1v) is 7.29. The summed E-state index contributed by atoms with van der Waals surface area (Å²) in [7, 11) is 0. The van der Waals surface area contributed by atoms with Crippen molar-refractivity contribution in [1.82, 2.24) is 15.2 Å². The van der Waals surface area contributed by atoms with Gasteiger partial charge in [0.05, 0.1) is 0 Å². The lowest BCUT2D eigenvalue weighted by Gasteiger charge is -2.50. The van der Waals surface area contributed by atoms with Crippen LogP contribution in [0, 0.1) is 5.92 Å². The number of nitrogens with two attached hydrogens (primary N) is 1. The van der Waals surface area contributed by atoms with Crippen molar-refractivity contribution in [3.8, 4) is 0 Å². The van der Waals surface area contributed by atoms with Crippen LogP contribution in [0.3, 0.4) is 0 Å². The minimum atomic E-state index is 0.501. The van der Waals surface area contributed by atoms with Gasteiger partial charge < -0.3 is 0 Å². The standard InChI is InChI=1S/C13H26N4/c14-15-12(9-11-3-1-2-4-11)13-10-16-5-7-17(13)8-6-16/h11-13,15H,1-10,14H2. The SMILES string of the molecule is NNC(CC1CCCC1)C1CN2CCN1CC2. The number of fused-ring (bicyclic) bond motifs is 3. The molecule has 3 N–H and O–H groups in total. The molecule has 3 aliphatic heterocycles. The molecule has 4 aliphatic rings. The van der Waals surface area contributed by atoms with Gasteiger partial charge in [-0.3, -0.25) is 21.1 Å². The molecule has 0 aromatic heterocycles. The average Bonchev–Trinajstić information content (AvgIpc) is 2.90. The van der Waals surface area contributed by atoms with Gasteiger partial charge in [0.2, 0.25) is 0 Å². The number of hydrazine groups is 1. The first-order chi connectivity index (χ1) is 8.36. The van der Waals surface area contributed by atoms with Gasteiger partial charge in [0.15, 0.2) is 0 Å². The monoisotopic (exact) mass is 238 g/mol. The lowest BCUT2D eigenvalue weighted by atomic mass is 9.91.